The van der Waals surface area contributed by atoms with E-state index in [9.17, 15) is 9.59 Å². The zero-order chi connectivity index (χ0) is 32.2. The van der Waals surface area contributed by atoms with Gasteiger partial charge in [0.15, 0.2) is 4.80 Å². The molecule has 46 heavy (non-hydrogen) atoms. The smallest absolute Gasteiger partial charge is 0.338 e. The summed E-state index contributed by atoms with van der Waals surface area (Å²) in [5.41, 5.74) is 3.57. The Morgan fingerprint density at radius 3 is 2.54 bits per heavy atom. The Morgan fingerprint density at radius 2 is 1.80 bits per heavy atom. The van der Waals surface area contributed by atoms with Gasteiger partial charge in [0.1, 0.15) is 18.1 Å². The first kappa shape index (κ1) is 31.5. The molecule has 1 aromatic heterocycles. The molecule has 0 N–H and O–H groups in total. The summed E-state index contributed by atoms with van der Waals surface area (Å²) >= 11 is 11.2. The topological polar surface area (TPSA) is 79.1 Å². The third kappa shape index (κ3) is 6.44. The van der Waals surface area contributed by atoms with E-state index in [1.807, 2.05) is 103 Å². The molecule has 6 rings (SSSR count). The molecule has 0 unspecified atom stereocenters. The lowest BCUT2D eigenvalue weighted by Crippen LogP contribution is -2.40. The molecule has 4 aromatic carbocycles. The number of esters is 1. The summed E-state index contributed by atoms with van der Waals surface area (Å²) in [4.78, 5) is 33.2. The lowest BCUT2D eigenvalue weighted by atomic mass is 9.93. The number of methoxy groups -OCH3 is 1. The van der Waals surface area contributed by atoms with E-state index in [0.717, 1.165) is 21.2 Å². The predicted molar refractivity (Wildman–Crippen MR) is 184 cm³/mol. The predicted octanol–water partition coefficient (Wildman–Crippen LogP) is 6.94. The van der Waals surface area contributed by atoms with Crippen molar-refractivity contribution in [2.45, 2.75) is 19.6 Å². The average molecular weight is 716 g/mol. The van der Waals surface area contributed by atoms with Crippen molar-refractivity contribution >= 4 is 56.6 Å². The first-order chi connectivity index (χ1) is 22.4. The zero-order valence-electron chi connectivity index (χ0n) is 24.9. The molecule has 1 aliphatic rings. The summed E-state index contributed by atoms with van der Waals surface area (Å²) in [6.45, 7) is 2.24. The second-order valence-electron chi connectivity index (χ2n) is 10.3. The molecule has 1 aliphatic heterocycles. The third-order valence-corrected chi connectivity index (χ3v) is 9.35. The second kappa shape index (κ2) is 13.9. The molecule has 0 radical (unpaired) electrons. The fourth-order valence-corrected chi connectivity index (χ4v) is 6.92. The summed E-state index contributed by atoms with van der Waals surface area (Å²) in [5.74, 6) is 0.703. The van der Waals surface area contributed by atoms with Crippen molar-refractivity contribution in [2.24, 2.45) is 4.99 Å². The van der Waals surface area contributed by atoms with Crippen LogP contribution in [0.3, 0.4) is 0 Å². The van der Waals surface area contributed by atoms with Crippen molar-refractivity contribution in [2.75, 3.05) is 13.7 Å². The van der Waals surface area contributed by atoms with Gasteiger partial charge in [-0.05, 0) is 70.4 Å². The highest BCUT2D eigenvalue weighted by molar-refractivity contribution is 9.10. The summed E-state index contributed by atoms with van der Waals surface area (Å²) in [7, 11) is 1.58. The molecule has 5 aromatic rings. The van der Waals surface area contributed by atoms with Gasteiger partial charge < -0.3 is 14.2 Å². The number of carbonyl (C=O) groups is 1. The van der Waals surface area contributed by atoms with Crippen molar-refractivity contribution in [3.05, 3.63) is 154 Å². The molecule has 1 atom stereocenters. The van der Waals surface area contributed by atoms with Crippen LogP contribution in [0.4, 0.5) is 0 Å². The van der Waals surface area contributed by atoms with E-state index in [-0.39, 0.29) is 17.7 Å². The number of halogens is 2. The van der Waals surface area contributed by atoms with Gasteiger partial charge in [0.25, 0.3) is 5.56 Å². The molecule has 0 saturated carbocycles. The standard InChI is InChI=1S/C36H28BrClN2O5S/c1-3-44-35(42)31-32(23-10-5-4-6-11-23)39-36-40(33(31)24-13-9-14-26(20-24)43-2)34(41)30(46-36)19-22-16-17-29(27(37)18-22)45-21-25-12-7-8-15-28(25)38/h4-20,33H,3,21H2,1-2H3/b30-19-/t33-/m1/s1. The van der Waals surface area contributed by atoms with E-state index in [0.29, 0.717) is 43.7 Å². The van der Waals surface area contributed by atoms with Crippen molar-refractivity contribution < 1.29 is 19.0 Å². The quantitative estimate of drug-likeness (QED) is 0.155. The Kier molecular flexibility index (Phi) is 9.53. The molecule has 0 fully saturated rings. The number of ether oxygens (including phenoxy) is 3. The van der Waals surface area contributed by atoms with Gasteiger partial charge in [-0.2, -0.15) is 0 Å². The van der Waals surface area contributed by atoms with E-state index < -0.39 is 12.0 Å². The van der Waals surface area contributed by atoms with Crippen LogP contribution in [0.2, 0.25) is 5.02 Å². The van der Waals surface area contributed by atoms with Gasteiger partial charge in [0.05, 0.1) is 40.0 Å². The molecule has 2 heterocycles. The Bertz CT molecular complexity index is 2140. The number of thiazole rings is 1. The lowest BCUT2D eigenvalue weighted by Gasteiger charge is -2.26. The van der Waals surface area contributed by atoms with Crippen molar-refractivity contribution in [1.82, 2.24) is 4.57 Å². The second-order valence-corrected chi connectivity index (χ2v) is 12.5. The van der Waals surface area contributed by atoms with Gasteiger partial charge in [-0.3, -0.25) is 9.36 Å². The minimum atomic E-state index is -0.796. The van der Waals surface area contributed by atoms with Crippen LogP contribution in [0.15, 0.2) is 117 Å². The summed E-state index contributed by atoms with van der Waals surface area (Å²) < 4.78 is 19.8. The molecular formula is C36H28BrClN2O5S. The van der Waals surface area contributed by atoms with Gasteiger partial charge in [-0.1, -0.05) is 89.7 Å². The van der Waals surface area contributed by atoms with Gasteiger partial charge >= 0.3 is 5.97 Å². The number of hydrogen-bond acceptors (Lipinski definition) is 7. The highest BCUT2D eigenvalue weighted by Crippen LogP contribution is 2.36. The fraction of sp³-hybridized carbons (Fsp3) is 0.139. The van der Waals surface area contributed by atoms with Crippen LogP contribution in [0.25, 0.3) is 11.8 Å². The molecule has 10 heteroatoms. The number of rotatable bonds is 9. The first-order valence-corrected chi connectivity index (χ1v) is 16.4. The van der Waals surface area contributed by atoms with Crippen LogP contribution in [0.1, 0.15) is 35.2 Å². The van der Waals surface area contributed by atoms with Crippen LogP contribution in [0.5, 0.6) is 11.5 Å². The van der Waals surface area contributed by atoms with Gasteiger partial charge in [-0.25, -0.2) is 9.79 Å². The lowest BCUT2D eigenvalue weighted by molar-refractivity contribution is -0.138. The van der Waals surface area contributed by atoms with E-state index in [1.165, 1.54) is 11.3 Å². The van der Waals surface area contributed by atoms with Crippen molar-refractivity contribution in [1.29, 1.82) is 0 Å². The molecule has 0 aliphatic carbocycles. The largest absolute Gasteiger partial charge is 0.497 e. The molecule has 0 spiro atoms. The number of benzene rings is 4. The zero-order valence-corrected chi connectivity index (χ0v) is 28.1. The Morgan fingerprint density at radius 1 is 1.02 bits per heavy atom. The number of fused-ring (bicyclic) bond motifs is 1. The molecule has 0 amide bonds. The minimum absolute atomic E-state index is 0.173. The van der Waals surface area contributed by atoms with Gasteiger partial charge in [-0.15, -0.1) is 0 Å². The number of carbonyl (C=O) groups excluding carboxylic acids is 1. The van der Waals surface area contributed by atoms with Crippen molar-refractivity contribution in [3.8, 4) is 11.5 Å². The monoisotopic (exact) mass is 714 g/mol. The fourth-order valence-electron chi connectivity index (χ4n) is 5.21. The summed E-state index contributed by atoms with van der Waals surface area (Å²) in [6, 6.07) is 29.1. The van der Waals surface area contributed by atoms with E-state index >= 15 is 0 Å². The number of aromatic nitrogens is 1. The summed E-state index contributed by atoms with van der Waals surface area (Å²) in [5, 5.41) is 0.638. The Labute approximate surface area is 282 Å². The maximum atomic E-state index is 14.2. The van der Waals surface area contributed by atoms with Crippen LogP contribution < -0.4 is 24.4 Å². The molecule has 7 nitrogen and oxygen atoms in total. The number of hydrogen-bond donors (Lipinski definition) is 0. The highest BCUT2D eigenvalue weighted by Gasteiger charge is 2.35. The summed E-state index contributed by atoms with van der Waals surface area (Å²) in [6.07, 6.45) is 1.81. The van der Waals surface area contributed by atoms with Crippen LogP contribution in [0, 0.1) is 0 Å². The van der Waals surface area contributed by atoms with Gasteiger partial charge in [0, 0.05) is 16.1 Å². The molecule has 0 bridgehead atoms. The van der Waals surface area contributed by atoms with Crippen LogP contribution in [-0.4, -0.2) is 24.3 Å². The average Bonchev–Trinajstić information content (AvgIpc) is 3.38. The Hall–Kier alpha value is -4.44. The highest BCUT2D eigenvalue weighted by atomic mass is 79.9. The van der Waals surface area contributed by atoms with E-state index in [4.69, 9.17) is 30.8 Å². The SMILES string of the molecule is CCOC(=O)C1=C(c2ccccc2)N=c2s/c(=C\c3ccc(OCc4ccccc4Cl)c(Br)c3)c(=O)n2[C@@H]1c1cccc(OC)c1. The van der Waals surface area contributed by atoms with E-state index in [2.05, 4.69) is 15.9 Å². The maximum Gasteiger partial charge on any atom is 0.338 e. The molecule has 0 saturated heterocycles. The van der Waals surface area contributed by atoms with Crippen LogP contribution in [-0.2, 0) is 16.1 Å². The number of nitrogens with zero attached hydrogens (tertiary/aromatic N) is 2. The molecular weight excluding hydrogens is 688 g/mol. The normalized spacial score (nSPS) is 14.4. The van der Waals surface area contributed by atoms with Crippen molar-refractivity contribution in [3.63, 3.8) is 0 Å². The maximum absolute atomic E-state index is 14.2. The first-order valence-electron chi connectivity index (χ1n) is 14.5. The third-order valence-electron chi connectivity index (χ3n) is 7.38. The minimum Gasteiger partial charge on any atom is -0.497 e. The van der Waals surface area contributed by atoms with Crippen LogP contribution >= 0.6 is 38.9 Å². The Balaban J connectivity index is 1.47. The van der Waals surface area contributed by atoms with Gasteiger partial charge in [0.2, 0.25) is 0 Å². The van der Waals surface area contributed by atoms with E-state index in [1.54, 1.807) is 18.6 Å². The molecule has 232 valence electrons.